The van der Waals surface area contributed by atoms with E-state index in [2.05, 4.69) is 10.0 Å². The molecule has 6 heteroatoms. The van der Waals surface area contributed by atoms with Crippen LogP contribution in [0.1, 0.15) is 37.1 Å². The van der Waals surface area contributed by atoms with Gasteiger partial charge in [0, 0.05) is 10.9 Å². The molecule has 2 atom stereocenters. The molecule has 2 N–H and O–H groups in total. The molecule has 0 spiro atoms. The third-order valence-electron chi connectivity index (χ3n) is 3.20. The van der Waals surface area contributed by atoms with Crippen LogP contribution in [-0.2, 0) is 10.0 Å². The molecule has 0 saturated carbocycles. The lowest BCUT2D eigenvalue weighted by Gasteiger charge is -2.17. The van der Waals surface area contributed by atoms with E-state index in [-0.39, 0.29) is 17.8 Å². The third kappa shape index (κ3) is 3.78. The number of hydrogen-bond acceptors (Lipinski definition) is 4. The first-order valence-corrected chi connectivity index (χ1v) is 8.90. The van der Waals surface area contributed by atoms with Gasteiger partial charge in [-0.1, -0.05) is 13.0 Å². The van der Waals surface area contributed by atoms with Crippen molar-refractivity contribution in [2.24, 2.45) is 0 Å². The van der Waals surface area contributed by atoms with Gasteiger partial charge in [-0.2, -0.15) is 0 Å². The van der Waals surface area contributed by atoms with Crippen LogP contribution < -0.4 is 10.0 Å². The van der Waals surface area contributed by atoms with Crippen molar-refractivity contribution in [2.45, 2.75) is 38.3 Å². The van der Waals surface area contributed by atoms with E-state index in [0.717, 1.165) is 30.7 Å². The zero-order valence-electron chi connectivity index (χ0n) is 10.6. The van der Waals surface area contributed by atoms with Crippen LogP contribution in [0, 0.1) is 0 Å². The fourth-order valence-corrected chi connectivity index (χ4v) is 4.83. The van der Waals surface area contributed by atoms with Crippen molar-refractivity contribution in [3.8, 4) is 0 Å². The number of sulfonamides is 1. The predicted octanol–water partition coefficient (Wildman–Crippen LogP) is 1.87. The predicted molar refractivity (Wildman–Crippen MR) is 75.3 cm³/mol. The Bertz CT molecular complexity index is 450. The summed E-state index contributed by atoms with van der Waals surface area (Å²) in [7, 11) is -3.21. The molecule has 1 aromatic heterocycles. The zero-order chi connectivity index (χ0) is 13.0. The van der Waals surface area contributed by atoms with Gasteiger partial charge in [0.15, 0.2) is 0 Å². The minimum atomic E-state index is -3.21. The van der Waals surface area contributed by atoms with Gasteiger partial charge < -0.3 is 5.32 Å². The smallest absolute Gasteiger partial charge is 0.213 e. The maximum atomic E-state index is 12.1. The van der Waals surface area contributed by atoms with E-state index in [1.54, 1.807) is 11.3 Å². The van der Waals surface area contributed by atoms with Crippen LogP contribution >= 0.6 is 11.3 Å². The summed E-state index contributed by atoms with van der Waals surface area (Å²) in [6.45, 7) is 2.93. The normalized spacial score (nSPS) is 22.2. The van der Waals surface area contributed by atoms with E-state index in [1.807, 2.05) is 24.4 Å². The Balaban J connectivity index is 1.97. The van der Waals surface area contributed by atoms with E-state index in [9.17, 15) is 8.42 Å². The van der Waals surface area contributed by atoms with Gasteiger partial charge in [0.05, 0.1) is 11.8 Å². The lowest BCUT2D eigenvalue weighted by Crippen LogP contribution is -2.38. The van der Waals surface area contributed by atoms with Crippen LogP contribution in [-0.4, -0.2) is 26.8 Å². The maximum Gasteiger partial charge on any atom is 0.213 e. The quantitative estimate of drug-likeness (QED) is 0.840. The molecule has 1 aliphatic heterocycles. The van der Waals surface area contributed by atoms with E-state index in [1.165, 1.54) is 0 Å². The Morgan fingerprint density at radius 1 is 1.61 bits per heavy atom. The van der Waals surface area contributed by atoms with Crippen LogP contribution in [0.25, 0.3) is 0 Å². The van der Waals surface area contributed by atoms with Gasteiger partial charge in [0.25, 0.3) is 0 Å². The van der Waals surface area contributed by atoms with E-state index >= 15 is 0 Å². The number of thiophene rings is 1. The lowest BCUT2D eigenvalue weighted by atomic mass is 10.2. The molecule has 0 amide bonds. The highest BCUT2D eigenvalue weighted by Gasteiger charge is 2.24. The second-order valence-corrected chi connectivity index (χ2v) is 7.45. The Morgan fingerprint density at radius 3 is 3.00 bits per heavy atom. The molecule has 2 rings (SSSR count). The van der Waals surface area contributed by atoms with Crippen LogP contribution in [0.4, 0.5) is 0 Å². The van der Waals surface area contributed by atoms with Gasteiger partial charge >= 0.3 is 0 Å². The molecule has 1 aliphatic rings. The molecule has 2 unspecified atom stereocenters. The summed E-state index contributed by atoms with van der Waals surface area (Å²) in [5.41, 5.74) is 0. The largest absolute Gasteiger partial charge is 0.313 e. The fourth-order valence-electron chi connectivity index (χ4n) is 2.26. The zero-order valence-corrected chi connectivity index (χ0v) is 12.2. The average molecular weight is 288 g/mol. The molecule has 2 heterocycles. The first-order chi connectivity index (χ1) is 8.61. The van der Waals surface area contributed by atoms with Gasteiger partial charge in [0.2, 0.25) is 10.0 Å². The third-order valence-corrected chi connectivity index (χ3v) is 5.67. The number of hydrogen-bond donors (Lipinski definition) is 2. The highest BCUT2D eigenvalue weighted by molar-refractivity contribution is 7.89. The van der Waals surface area contributed by atoms with Crippen molar-refractivity contribution in [3.63, 3.8) is 0 Å². The minimum absolute atomic E-state index is 0.0867. The topological polar surface area (TPSA) is 58.2 Å². The van der Waals surface area contributed by atoms with E-state index < -0.39 is 10.0 Å². The molecule has 102 valence electrons. The summed E-state index contributed by atoms with van der Waals surface area (Å²) in [6, 6.07) is 3.96. The van der Waals surface area contributed by atoms with E-state index in [0.29, 0.717) is 0 Å². The molecule has 0 radical (unpaired) electrons. The summed E-state index contributed by atoms with van der Waals surface area (Å²) in [5.74, 6) is 0.189. The first-order valence-electron chi connectivity index (χ1n) is 6.37. The monoisotopic (exact) mass is 288 g/mol. The van der Waals surface area contributed by atoms with E-state index in [4.69, 9.17) is 0 Å². The minimum Gasteiger partial charge on any atom is -0.313 e. The fraction of sp³-hybridized carbons (Fsp3) is 0.667. The first kappa shape index (κ1) is 14.0. The summed E-state index contributed by atoms with van der Waals surface area (Å²) in [4.78, 5) is 1.08. The molecule has 1 aromatic rings. The summed E-state index contributed by atoms with van der Waals surface area (Å²) >= 11 is 1.60. The highest BCUT2D eigenvalue weighted by Crippen LogP contribution is 2.22. The van der Waals surface area contributed by atoms with Crippen molar-refractivity contribution in [3.05, 3.63) is 22.4 Å². The van der Waals surface area contributed by atoms with Crippen molar-refractivity contribution >= 4 is 21.4 Å². The molecule has 0 aliphatic carbocycles. The maximum absolute atomic E-state index is 12.1. The van der Waals surface area contributed by atoms with Gasteiger partial charge in [-0.05, 0) is 37.3 Å². The lowest BCUT2D eigenvalue weighted by molar-refractivity contribution is 0.540. The molecule has 1 fully saturated rings. The van der Waals surface area contributed by atoms with Gasteiger partial charge in [-0.25, -0.2) is 13.1 Å². The second kappa shape index (κ2) is 6.14. The number of nitrogens with one attached hydrogen (secondary N) is 2. The van der Waals surface area contributed by atoms with Crippen molar-refractivity contribution < 1.29 is 8.42 Å². The van der Waals surface area contributed by atoms with Crippen LogP contribution in [0.5, 0.6) is 0 Å². The molecular formula is C12H20N2O2S2. The molecule has 0 bridgehead atoms. The molecule has 18 heavy (non-hydrogen) atoms. The Morgan fingerprint density at radius 2 is 2.44 bits per heavy atom. The molecule has 0 aromatic carbocycles. The standard InChI is InChI=1S/C12H20N2O2S2/c1-2-11(12-6-4-8-17-12)14-18(15,16)9-10-5-3-7-13-10/h4,6,8,10-11,13-14H,2-3,5,7,9H2,1H3. The molecular weight excluding hydrogens is 268 g/mol. The van der Waals surface area contributed by atoms with Crippen LogP contribution in [0.2, 0.25) is 0 Å². The Labute approximate surface area is 113 Å². The highest BCUT2D eigenvalue weighted by atomic mass is 32.2. The SMILES string of the molecule is CCC(NS(=O)(=O)CC1CCCN1)c1cccs1. The van der Waals surface area contributed by atoms with Crippen LogP contribution in [0.15, 0.2) is 17.5 Å². The van der Waals surface area contributed by atoms with Gasteiger partial charge in [0.1, 0.15) is 0 Å². The molecule has 4 nitrogen and oxygen atoms in total. The summed E-state index contributed by atoms with van der Waals surface area (Å²) < 4.78 is 27.0. The summed E-state index contributed by atoms with van der Waals surface area (Å²) in [6.07, 6.45) is 2.80. The second-order valence-electron chi connectivity index (χ2n) is 4.67. The molecule has 1 saturated heterocycles. The Hall–Kier alpha value is -0.430. The number of rotatable bonds is 6. The Kier molecular flexibility index (Phi) is 4.77. The van der Waals surface area contributed by atoms with Crippen molar-refractivity contribution in [1.29, 1.82) is 0 Å². The van der Waals surface area contributed by atoms with Gasteiger partial charge in [-0.15, -0.1) is 11.3 Å². The van der Waals surface area contributed by atoms with Gasteiger partial charge in [-0.3, -0.25) is 0 Å². The van der Waals surface area contributed by atoms with Crippen molar-refractivity contribution in [1.82, 2.24) is 10.0 Å². The van der Waals surface area contributed by atoms with Crippen molar-refractivity contribution in [2.75, 3.05) is 12.3 Å². The summed E-state index contributed by atoms with van der Waals surface area (Å²) in [5, 5.41) is 5.20. The van der Waals surface area contributed by atoms with Crippen LogP contribution in [0.3, 0.4) is 0 Å². The average Bonchev–Trinajstić information content (AvgIpc) is 2.97.